The Bertz CT molecular complexity index is 1370. The smallest absolute Gasteiger partial charge is 0.225 e. The number of hydrogen-bond acceptors (Lipinski definition) is 6. The molecule has 2 fully saturated rings. The van der Waals surface area contributed by atoms with Crippen LogP contribution in [0.2, 0.25) is 0 Å². The van der Waals surface area contributed by atoms with Gasteiger partial charge in [-0.3, -0.25) is 9.48 Å². The molecule has 8 heteroatoms. The zero-order valence-electron chi connectivity index (χ0n) is 20.3. The quantitative estimate of drug-likeness (QED) is 0.431. The van der Waals surface area contributed by atoms with E-state index in [4.69, 9.17) is 14.5 Å². The van der Waals surface area contributed by atoms with Crippen LogP contribution in [-0.2, 0) is 11.3 Å². The first-order valence-corrected chi connectivity index (χ1v) is 12.4. The summed E-state index contributed by atoms with van der Waals surface area (Å²) < 4.78 is 13.2. The summed E-state index contributed by atoms with van der Waals surface area (Å²) in [6.45, 7) is 3.62. The third-order valence-corrected chi connectivity index (χ3v) is 7.23. The Morgan fingerprint density at radius 1 is 1.08 bits per heavy atom. The van der Waals surface area contributed by atoms with Gasteiger partial charge in [0.05, 0.1) is 30.8 Å². The van der Waals surface area contributed by atoms with E-state index in [1.54, 1.807) is 13.3 Å². The van der Waals surface area contributed by atoms with Gasteiger partial charge in [-0.1, -0.05) is 0 Å². The lowest BCUT2D eigenvalue weighted by Gasteiger charge is -2.23. The number of piperidine rings is 1. The first-order chi connectivity index (χ1) is 17.7. The number of methoxy groups -OCH3 is 1. The number of amides is 1. The van der Waals surface area contributed by atoms with Gasteiger partial charge in [-0.05, 0) is 60.9 Å². The number of aromatic nitrogens is 3. The molecule has 2 aromatic heterocycles. The van der Waals surface area contributed by atoms with Crippen LogP contribution < -0.4 is 19.7 Å². The van der Waals surface area contributed by atoms with E-state index in [9.17, 15) is 4.79 Å². The van der Waals surface area contributed by atoms with Gasteiger partial charge < -0.3 is 19.7 Å². The molecule has 1 N–H and O–H groups in total. The molecule has 0 aliphatic carbocycles. The van der Waals surface area contributed by atoms with Gasteiger partial charge in [0.25, 0.3) is 0 Å². The van der Waals surface area contributed by atoms with E-state index in [-0.39, 0.29) is 11.8 Å². The van der Waals surface area contributed by atoms with Crippen LogP contribution in [0.5, 0.6) is 11.5 Å². The Kier molecular flexibility index (Phi) is 5.93. The van der Waals surface area contributed by atoms with Gasteiger partial charge in [0, 0.05) is 54.7 Å². The van der Waals surface area contributed by atoms with Crippen LogP contribution in [-0.4, -0.2) is 54.0 Å². The molecule has 4 heterocycles. The highest BCUT2D eigenvalue weighted by molar-refractivity contribution is 5.95. The van der Waals surface area contributed by atoms with Gasteiger partial charge in [0.15, 0.2) is 0 Å². The molecule has 36 heavy (non-hydrogen) atoms. The average Bonchev–Trinajstić information content (AvgIpc) is 3.59. The van der Waals surface area contributed by atoms with Crippen LogP contribution in [0, 0.1) is 11.8 Å². The molecule has 2 aliphatic heterocycles. The van der Waals surface area contributed by atoms with Crippen molar-refractivity contribution in [2.45, 2.75) is 13.0 Å². The van der Waals surface area contributed by atoms with Crippen molar-refractivity contribution in [1.29, 1.82) is 0 Å². The second-order valence-corrected chi connectivity index (χ2v) is 9.40. The molecule has 0 saturated carbocycles. The fourth-order valence-corrected chi connectivity index (χ4v) is 5.31. The van der Waals surface area contributed by atoms with Crippen LogP contribution in [0.15, 0.2) is 67.0 Å². The van der Waals surface area contributed by atoms with E-state index in [1.165, 1.54) is 0 Å². The fourth-order valence-electron chi connectivity index (χ4n) is 5.31. The van der Waals surface area contributed by atoms with Gasteiger partial charge in [-0.15, -0.1) is 0 Å². The number of nitrogens with one attached hydrogen (secondary N) is 1. The predicted octanol–water partition coefficient (Wildman–Crippen LogP) is 3.76. The van der Waals surface area contributed by atoms with Gasteiger partial charge in [0.1, 0.15) is 18.1 Å². The maximum Gasteiger partial charge on any atom is 0.225 e. The lowest BCUT2D eigenvalue weighted by molar-refractivity contribution is -0.127. The molecule has 2 saturated heterocycles. The third kappa shape index (κ3) is 4.34. The minimum atomic E-state index is 0.0434. The normalized spacial score (nSPS) is 19.2. The molecule has 0 spiro atoms. The van der Waals surface area contributed by atoms with E-state index >= 15 is 0 Å². The summed E-state index contributed by atoms with van der Waals surface area (Å²) in [7, 11) is 1.67. The average molecular weight is 484 g/mol. The number of benzene rings is 2. The molecule has 2 atom stereocenters. The van der Waals surface area contributed by atoms with Crippen molar-refractivity contribution in [3.8, 4) is 22.8 Å². The van der Waals surface area contributed by atoms with Crippen molar-refractivity contribution in [2.24, 2.45) is 11.8 Å². The Labute approximate surface area is 209 Å². The molecule has 1 amide bonds. The van der Waals surface area contributed by atoms with Crippen molar-refractivity contribution < 1.29 is 14.3 Å². The lowest BCUT2D eigenvalue weighted by atomic mass is 9.89. The number of ether oxygens (including phenoxy) is 2. The molecule has 2 unspecified atom stereocenters. The number of anilines is 1. The van der Waals surface area contributed by atoms with E-state index in [1.807, 2.05) is 53.3 Å². The fraction of sp³-hybridized carbons (Fsp3) is 0.321. The van der Waals surface area contributed by atoms with Crippen LogP contribution >= 0.6 is 0 Å². The van der Waals surface area contributed by atoms with Gasteiger partial charge in [-0.2, -0.15) is 5.10 Å². The van der Waals surface area contributed by atoms with Gasteiger partial charge in [-0.25, -0.2) is 4.98 Å². The largest absolute Gasteiger partial charge is 0.497 e. The molecule has 6 rings (SSSR count). The number of pyridine rings is 1. The summed E-state index contributed by atoms with van der Waals surface area (Å²) in [5, 5.41) is 8.30. The Morgan fingerprint density at radius 2 is 1.94 bits per heavy atom. The second kappa shape index (κ2) is 9.53. The van der Waals surface area contributed by atoms with E-state index < -0.39 is 0 Å². The number of nitrogens with zero attached hydrogens (tertiary/aromatic N) is 4. The Balaban J connectivity index is 1.29. The molecule has 8 nitrogen and oxygen atoms in total. The van der Waals surface area contributed by atoms with Crippen molar-refractivity contribution in [3.05, 3.63) is 67.0 Å². The first kappa shape index (κ1) is 22.4. The topological polar surface area (TPSA) is 81.5 Å². The maximum absolute atomic E-state index is 12.5. The number of hydrogen-bond donors (Lipinski definition) is 1. The summed E-state index contributed by atoms with van der Waals surface area (Å²) >= 11 is 0. The summed E-state index contributed by atoms with van der Waals surface area (Å²) in [5.41, 5.74) is 3.88. The van der Waals surface area contributed by atoms with Crippen LogP contribution in [0.25, 0.3) is 22.2 Å². The molecule has 4 aromatic rings. The van der Waals surface area contributed by atoms with Crippen molar-refractivity contribution in [3.63, 3.8) is 0 Å². The second-order valence-electron chi connectivity index (χ2n) is 9.40. The highest BCUT2D eigenvalue weighted by Gasteiger charge is 2.40. The van der Waals surface area contributed by atoms with Crippen molar-refractivity contribution in [2.75, 3.05) is 38.3 Å². The van der Waals surface area contributed by atoms with Crippen LogP contribution in [0.4, 0.5) is 5.69 Å². The van der Waals surface area contributed by atoms with E-state index in [2.05, 4.69) is 27.4 Å². The predicted molar refractivity (Wildman–Crippen MR) is 138 cm³/mol. The standard InChI is InChI=1S/C28H29N5O3/c1-35-22-7-8-23-26(15-22)31-25(16-27(23)32-17-20-9-11-29-28(34)24(20)18-32)19-3-5-21(6-4-19)36-14-13-33-12-2-10-30-33/h2-8,10,12,15-16,20,24H,9,11,13-14,17-18H2,1H3,(H,29,34). The zero-order chi connectivity index (χ0) is 24.5. The summed E-state index contributed by atoms with van der Waals surface area (Å²) in [5.74, 6) is 2.19. The summed E-state index contributed by atoms with van der Waals surface area (Å²) in [4.78, 5) is 19.8. The first-order valence-electron chi connectivity index (χ1n) is 12.4. The van der Waals surface area contributed by atoms with E-state index in [0.29, 0.717) is 19.1 Å². The van der Waals surface area contributed by atoms with Crippen molar-refractivity contribution in [1.82, 2.24) is 20.1 Å². The number of carbonyl (C=O) groups excluding carboxylic acids is 1. The molecule has 2 aliphatic rings. The number of rotatable bonds is 7. The molecule has 184 valence electrons. The molecule has 2 aromatic carbocycles. The van der Waals surface area contributed by atoms with Crippen LogP contribution in [0.1, 0.15) is 6.42 Å². The highest BCUT2D eigenvalue weighted by Crippen LogP contribution is 2.38. The van der Waals surface area contributed by atoms with Crippen molar-refractivity contribution >= 4 is 22.5 Å². The minimum Gasteiger partial charge on any atom is -0.497 e. The minimum absolute atomic E-state index is 0.0434. The maximum atomic E-state index is 12.5. The molecule has 0 bridgehead atoms. The molecule has 0 radical (unpaired) electrons. The van der Waals surface area contributed by atoms with E-state index in [0.717, 1.165) is 65.4 Å². The van der Waals surface area contributed by atoms with Crippen LogP contribution in [0.3, 0.4) is 0 Å². The SMILES string of the molecule is COc1ccc2c(N3CC4CCNC(=O)C4C3)cc(-c3ccc(OCCn4cccn4)cc3)nc2c1. The van der Waals surface area contributed by atoms with Gasteiger partial charge in [0.2, 0.25) is 5.91 Å². The highest BCUT2D eigenvalue weighted by atomic mass is 16.5. The number of carbonyl (C=O) groups is 1. The third-order valence-electron chi connectivity index (χ3n) is 7.23. The summed E-state index contributed by atoms with van der Waals surface area (Å²) in [6, 6.07) is 18.1. The lowest BCUT2D eigenvalue weighted by Crippen LogP contribution is -2.41. The Morgan fingerprint density at radius 3 is 2.72 bits per heavy atom. The molecular weight excluding hydrogens is 454 g/mol. The monoisotopic (exact) mass is 483 g/mol. The van der Waals surface area contributed by atoms with Gasteiger partial charge >= 0.3 is 0 Å². The zero-order valence-corrected chi connectivity index (χ0v) is 20.3. The molecular formula is C28H29N5O3. The summed E-state index contributed by atoms with van der Waals surface area (Å²) in [6.07, 6.45) is 4.71. The Hall–Kier alpha value is -4.07. The number of fused-ring (bicyclic) bond motifs is 2.